The SMILES string of the molecule is CC(=O)C(NC(=O)CN1CCNC(=O)C1C)C(C)C. The van der Waals surface area contributed by atoms with E-state index in [1.165, 1.54) is 6.92 Å². The van der Waals surface area contributed by atoms with Gasteiger partial charge in [-0.15, -0.1) is 0 Å². The second kappa shape index (κ2) is 6.65. The third-order valence-corrected chi connectivity index (χ3v) is 3.39. The van der Waals surface area contributed by atoms with Gasteiger partial charge in [-0.1, -0.05) is 13.8 Å². The van der Waals surface area contributed by atoms with E-state index in [1.807, 2.05) is 18.7 Å². The second-order valence-corrected chi connectivity index (χ2v) is 5.34. The molecule has 2 unspecified atom stereocenters. The molecule has 0 aliphatic carbocycles. The van der Waals surface area contributed by atoms with Crippen LogP contribution in [0.5, 0.6) is 0 Å². The molecule has 1 aliphatic rings. The minimum atomic E-state index is -0.457. The molecule has 1 aliphatic heterocycles. The van der Waals surface area contributed by atoms with Crippen molar-refractivity contribution >= 4 is 17.6 Å². The fourth-order valence-electron chi connectivity index (χ4n) is 2.19. The maximum atomic E-state index is 11.9. The summed E-state index contributed by atoms with van der Waals surface area (Å²) in [4.78, 5) is 36.7. The molecule has 19 heavy (non-hydrogen) atoms. The molecule has 0 aromatic heterocycles. The molecule has 6 heteroatoms. The van der Waals surface area contributed by atoms with Gasteiger partial charge in [-0.05, 0) is 19.8 Å². The molecule has 1 saturated heterocycles. The van der Waals surface area contributed by atoms with Gasteiger partial charge in [-0.2, -0.15) is 0 Å². The summed E-state index contributed by atoms with van der Waals surface area (Å²) >= 11 is 0. The monoisotopic (exact) mass is 269 g/mol. The highest BCUT2D eigenvalue weighted by molar-refractivity contribution is 5.89. The van der Waals surface area contributed by atoms with Crippen LogP contribution in [0, 0.1) is 5.92 Å². The van der Waals surface area contributed by atoms with Crippen molar-refractivity contribution in [2.75, 3.05) is 19.6 Å². The topological polar surface area (TPSA) is 78.5 Å². The van der Waals surface area contributed by atoms with Gasteiger partial charge in [0.2, 0.25) is 11.8 Å². The second-order valence-electron chi connectivity index (χ2n) is 5.34. The summed E-state index contributed by atoms with van der Waals surface area (Å²) in [5.41, 5.74) is 0. The predicted octanol–water partition coefficient (Wildman–Crippen LogP) is -0.463. The number of hydrogen-bond donors (Lipinski definition) is 2. The molecule has 0 aromatic carbocycles. The van der Waals surface area contributed by atoms with Crippen LogP contribution < -0.4 is 10.6 Å². The zero-order valence-corrected chi connectivity index (χ0v) is 12.0. The molecular weight excluding hydrogens is 246 g/mol. The Balaban J connectivity index is 2.54. The molecule has 2 amide bonds. The number of nitrogens with zero attached hydrogens (tertiary/aromatic N) is 1. The Bertz CT molecular complexity index is 368. The van der Waals surface area contributed by atoms with E-state index in [0.29, 0.717) is 13.1 Å². The van der Waals surface area contributed by atoms with Gasteiger partial charge >= 0.3 is 0 Å². The molecule has 1 heterocycles. The average molecular weight is 269 g/mol. The number of nitrogens with one attached hydrogen (secondary N) is 2. The van der Waals surface area contributed by atoms with Crippen LogP contribution in [0.4, 0.5) is 0 Å². The number of carbonyl (C=O) groups excluding carboxylic acids is 3. The quantitative estimate of drug-likeness (QED) is 0.708. The first kappa shape index (κ1) is 15.6. The Morgan fingerprint density at radius 1 is 1.47 bits per heavy atom. The summed E-state index contributed by atoms with van der Waals surface area (Å²) < 4.78 is 0. The molecule has 6 nitrogen and oxygen atoms in total. The van der Waals surface area contributed by atoms with Gasteiger partial charge in [-0.3, -0.25) is 19.3 Å². The zero-order valence-electron chi connectivity index (χ0n) is 12.0. The highest BCUT2D eigenvalue weighted by atomic mass is 16.2. The molecule has 2 N–H and O–H groups in total. The number of ketones is 1. The number of hydrogen-bond acceptors (Lipinski definition) is 4. The van der Waals surface area contributed by atoms with Crippen molar-refractivity contribution in [1.29, 1.82) is 0 Å². The summed E-state index contributed by atoms with van der Waals surface area (Å²) in [6.45, 7) is 8.37. The molecule has 0 bridgehead atoms. The van der Waals surface area contributed by atoms with Crippen LogP contribution >= 0.6 is 0 Å². The molecule has 0 radical (unpaired) electrons. The average Bonchev–Trinajstić information content (AvgIpc) is 2.31. The zero-order chi connectivity index (χ0) is 14.6. The maximum absolute atomic E-state index is 11.9. The van der Waals surface area contributed by atoms with E-state index >= 15 is 0 Å². The van der Waals surface area contributed by atoms with E-state index < -0.39 is 6.04 Å². The van der Waals surface area contributed by atoms with Crippen LogP contribution in [-0.4, -0.2) is 54.2 Å². The highest BCUT2D eigenvalue weighted by Gasteiger charge is 2.28. The molecule has 0 aromatic rings. The minimum absolute atomic E-state index is 0.0483. The van der Waals surface area contributed by atoms with E-state index in [2.05, 4.69) is 10.6 Å². The molecule has 108 valence electrons. The lowest BCUT2D eigenvalue weighted by atomic mass is 10.0. The minimum Gasteiger partial charge on any atom is -0.353 e. The Morgan fingerprint density at radius 2 is 2.11 bits per heavy atom. The van der Waals surface area contributed by atoms with Crippen molar-refractivity contribution in [3.05, 3.63) is 0 Å². The summed E-state index contributed by atoms with van der Waals surface area (Å²) in [6, 6.07) is -0.768. The molecule has 2 atom stereocenters. The van der Waals surface area contributed by atoms with Gasteiger partial charge in [0.1, 0.15) is 0 Å². The normalized spacial score (nSPS) is 21.9. The molecule has 0 spiro atoms. The van der Waals surface area contributed by atoms with E-state index in [0.717, 1.165) is 0 Å². The van der Waals surface area contributed by atoms with Gasteiger partial charge in [0.05, 0.1) is 18.6 Å². The summed E-state index contributed by atoms with van der Waals surface area (Å²) in [5, 5.41) is 5.48. The van der Waals surface area contributed by atoms with E-state index in [9.17, 15) is 14.4 Å². The van der Waals surface area contributed by atoms with Gasteiger partial charge < -0.3 is 10.6 Å². The Labute approximate surface area is 113 Å². The summed E-state index contributed by atoms with van der Waals surface area (Å²) in [7, 11) is 0. The van der Waals surface area contributed by atoms with Gasteiger partial charge in [-0.25, -0.2) is 0 Å². The van der Waals surface area contributed by atoms with Gasteiger partial charge in [0.25, 0.3) is 0 Å². The first-order valence-electron chi connectivity index (χ1n) is 6.64. The molecule has 1 fully saturated rings. The number of piperazine rings is 1. The number of carbonyl (C=O) groups is 3. The van der Waals surface area contributed by atoms with E-state index in [1.54, 1.807) is 6.92 Å². The Kier molecular flexibility index (Phi) is 5.47. The van der Waals surface area contributed by atoms with E-state index in [4.69, 9.17) is 0 Å². The number of Topliss-reactive ketones (excluding diaryl/α,β-unsaturated/α-hetero) is 1. The fourth-order valence-corrected chi connectivity index (χ4v) is 2.19. The van der Waals surface area contributed by atoms with Crippen molar-refractivity contribution in [3.63, 3.8) is 0 Å². The first-order chi connectivity index (χ1) is 8.82. The highest BCUT2D eigenvalue weighted by Crippen LogP contribution is 2.05. The predicted molar refractivity (Wildman–Crippen MR) is 71.5 cm³/mol. The third kappa shape index (κ3) is 4.31. The fraction of sp³-hybridized carbons (Fsp3) is 0.769. The lowest BCUT2D eigenvalue weighted by Crippen LogP contribution is -2.57. The van der Waals surface area contributed by atoms with Crippen LogP contribution in [0.3, 0.4) is 0 Å². The van der Waals surface area contributed by atoms with Crippen molar-refractivity contribution in [3.8, 4) is 0 Å². The lowest BCUT2D eigenvalue weighted by Gasteiger charge is -2.32. The first-order valence-corrected chi connectivity index (χ1v) is 6.64. The van der Waals surface area contributed by atoms with Crippen molar-refractivity contribution in [2.45, 2.75) is 39.8 Å². The van der Waals surface area contributed by atoms with Gasteiger partial charge in [0, 0.05) is 13.1 Å². The van der Waals surface area contributed by atoms with Crippen LogP contribution in [-0.2, 0) is 14.4 Å². The number of rotatable bonds is 5. The smallest absolute Gasteiger partial charge is 0.237 e. The van der Waals surface area contributed by atoms with Crippen molar-refractivity contribution < 1.29 is 14.4 Å². The standard InChI is InChI=1S/C13H23N3O3/c1-8(2)12(10(4)17)15-11(18)7-16-6-5-14-13(19)9(16)3/h8-9,12H,5-7H2,1-4H3,(H,14,19)(H,15,18). The largest absolute Gasteiger partial charge is 0.353 e. The van der Waals surface area contributed by atoms with Crippen LogP contribution in [0.25, 0.3) is 0 Å². The maximum Gasteiger partial charge on any atom is 0.237 e. The lowest BCUT2D eigenvalue weighted by molar-refractivity contribution is -0.133. The van der Waals surface area contributed by atoms with Crippen molar-refractivity contribution in [2.24, 2.45) is 5.92 Å². The summed E-state index contributed by atoms with van der Waals surface area (Å²) in [5.74, 6) is -0.266. The molecule has 0 saturated carbocycles. The molecule has 1 rings (SSSR count). The Hall–Kier alpha value is -1.43. The van der Waals surface area contributed by atoms with Crippen LogP contribution in [0.1, 0.15) is 27.7 Å². The third-order valence-electron chi connectivity index (χ3n) is 3.39. The van der Waals surface area contributed by atoms with Gasteiger partial charge in [0.15, 0.2) is 5.78 Å². The van der Waals surface area contributed by atoms with E-state index in [-0.39, 0.29) is 36.1 Å². The Morgan fingerprint density at radius 3 is 2.63 bits per heavy atom. The van der Waals surface area contributed by atoms with Crippen LogP contribution in [0.2, 0.25) is 0 Å². The number of amides is 2. The van der Waals surface area contributed by atoms with Crippen LogP contribution in [0.15, 0.2) is 0 Å². The van der Waals surface area contributed by atoms with Crippen molar-refractivity contribution in [1.82, 2.24) is 15.5 Å². The molecular formula is C13H23N3O3. The summed E-state index contributed by atoms with van der Waals surface area (Å²) in [6.07, 6.45) is 0.